The van der Waals surface area contributed by atoms with Crippen LogP contribution in [-0.2, 0) is 4.79 Å². The van der Waals surface area contributed by atoms with Gasteiger partial charge in [-0.25, -0.2) is 10.1 Å². The molecule has 0 saturated carbocycles. The summed E-state index contributed by atoms with van der Waals surface area (Å²) in [5.41, 5.74) is 5.03. The first-order chi connectivity index (χ1) is 10.6. The smallest absolute Gasteiger partial charge is 0.278 e. The quantitative estimate of drug-likeness (QED) is 0.902. The number of rotatable bonds is 3. The third kappa shape index (κ3) is 2.39. The average molecular weight is 296 g/mol. The van der Waals surface area contributed by atoms with Gasteiger partial charge in [-0.1, -0.05) is 30.4 Å². The zero-order valence-electron chi connectivity index (χ0n) is 12.3. The number of benzene rings is 1. The normalized spacial score (nSPS) is 17.8. The largest absolute Gasteiger partial charge is 0.295 e. The first-order valence-electron chi connectivity index (χ1n) is 6.97. The van der Waals surface area contributed by atoms with Crippen LogP contribution in [0.5, 0.6) is 0 Å². The number of nitrogens with zero attached hydrogens (tertiary/aromatic N) is 2. The zero-order chi connectivity index (χ0) is 15.7. The molecule has 1 aliphatic rings. The summed E-state index contributed by atoms with van der Waals surface area (Å²) in [6.07, 6.45) is 3.39. The number of H-pyrrole nitrogens is 1. The molecule has 1 amide bonds. The van der Waals surface area contributed by atoms with Crippen molar-refractivity contribution in [3.8, 4) is 5.69 Å². The number of hydrazone groups is 1. The van der Waals surface area contributed by atoms with E-state index < -0.39 is 5.92 Å². The van der Waals surface area contributed by atoms with Crippen LogP contribution in [0, 0.1) is 12.8 Å². The zero-order valence-corrected chi connectivity index (χ0v) is 12.3. The van der Waals surface area contributed by atoms with Gasteiger partial charge in [0.25, 0.3) is 11.5 Å². The molecule has 6 heteroatoms. The molecule has 3 rings (SSSR count). The van der Waals surface area contributed by atoms with Gasteiger partial charge >= 0.3 is 0 Å². The number of amides is 1. The van der Waals surface area contributed by atoms with E-state index in [1.54, 1.807) is 19.1 Å². The number of para-hydroxylation sites is 1. The Morgan fingerprint density at radius 3 is 2.55 bits per heavy atom. The first kappa shape index (κ1) is 14.1. The van der Waals surface area contributed by atoms with Crippen molar-refractivity contribution in [2.24, 2.45) is 11.0 Å². The van der Waals surface area contributed by atoms with Crippen LogP contribution in [0.15, 0.2) is 46.3 Å². The van der Waals surface area contributed by atoms with Gasteiger partial charge < -0.3 is 0 Å². The van der Waals surface area contributed by atoms with Crippen LogP contribution in [-0.4, -0.2) is 21.4 Å². The third-order valence-corrected chi connectivity index (χ3v) is 3.66. The van der Waals surface area contributed by atoms with E-state index in [-0.39, 0.29) is 11.5 Å². The Labute approximate surface area is 127 Å². The van der Waals surface area contributed by atoms with Gasteiger partial charge in [-0.3, -0.25) is 14.7 Å². The van der Waals surface area contributed by atoms with Gasteiger partial charge in [0, 0.05) is 5.69 Å². The summed E-state index contributed by atoms with van der Waals surface area (Å²) in [7, 11) is 0. The molecule has 112 valence electrons. The second kappa shape index (κ2) is 5.48. The highest BCUT2D eigenvalue weighted by Gasteiger charge is 2.24. The van der Waals surface area contributed by atoms with Crippen molar-refractivity contribution in [2.45, 2.75) is 13.8 Å². The summed E-state index contributed by atoms with van der Waals surface area (Å²) in [5, 5.41) is 6.93. The molecular formula is C16H16N4O2. The molecule has 2 N–H and O–H groups in total. The summed E-state index contributed by atoms with van der Waals surface area (Å²) < 4.78 is 1.49. The van der Waals surface area contributed by atoms with Crippen LogP contribution in [0.4, 0.5) is 0 Å². The summed E-state index contributed by atoms with van der Waals surface area (Å²) in [4.78, 5) is 24.1. The lowest BCUT2D eigenvalue weighted by atomic mass is 10.0. The topological polar surface area (TPSA) is 79.2 Å². The molecule has 0 fully saturated rings. The Bertz CT molecular complexity index is 828. The maximum absolute atomic E-state index is 12.5. The van der Waals surface area contributed by atoms with Crippen LogP contribution in [0.1, 0.15) is 18.2 Å². The van der Waals surface area contributed by atoms with Gasteiger partial charge in [-0.15, -0.1) is 0 Å². The van der Waals surface area contributed by atoms with Crippen LogP contribution in [0.2, 0.25) is 0 Å². The fourth-order valence-electron chi connectivity index (χ4n) is 2.41. The highest BCUT2D eigenvalue weighted by molar-refractivity contribution is 6.08. The Balaban J connectivity index is 1.96. The van der Waals surface area contributed by atoms with E-state index in [4.69, 9.17) is 0 Å². The first-order valence-corrected chi connectivity index (χ1v) is 6.97. The minimum absolute atomic E-state index is 0.145. The van der Waals surface area contributed by atoms with E-state index in [1.807, 2.05) is 37.3 Å². The molecule has 2 heterocycles. The lowest BCUT2D eigenvalue weighted by Gasteiger charge is -1.99. The van der Waals surface area contributed by atoms with E-state index in [9.17, 15) is 9.59 Å². The number of nitrogens with one attached hydrogen (secondary N) is 2. The van der Waals surface area contributed by atoms with Crippen LogP contribution in [0.25, 0.3) is 11.8 Å². The van der Waals surface area contributed by atoms with Gasteiger partial charge in [-0.05, 0) is 26.0 Å². The molecule has 0 saturated heterocycles. The van der Waals surface area contributed by atoms with E-state index in [2.05, 4.69) is 15.6 Å². The Morgan fingerprint density at radius 1 is 1.18 bits per heavy atom. The number of hydrogen-bond donors (Lipinski definition) is 2. The van der Waals surface area contributed by atoms with Gasteiger partial charge in [0.15, 0.2) is 0 Å². The van der Waals surface area contributed by atoms with Gasteiger partial charge in [0.1, 0.15) is 0 Å². The summed E-state index contributed by atoms with van der Waals surface area (Å²) in [5.74, 6) is -0.593. The van der Waals surface area contributed by atoms with Crippen molar-refractivity contribution in [2.75, 3.05) is 0 Å². The lowest BCUT2D eigenvalue weighted by Crippen LogP contribution is -2.20. The SMILES string of the molecule is CC1=NNC(=O)C1/C=C\c1c(C)[nH]n(-c2ccccc2)c1=O. The van der Waals surface area contributed by atoms with Crippen LogP contribution in [0.3, 0.4) is 0 Å². The van der Waals surface area contributed by atoms with Crippen molar-refractivity contribution >= 4 is 17.7 Å². The molecule has 0 bridgehead atoms. The van der Waals surface area contributed by atoms with Gasteiger partial charge in [0.2, 0.25) is 0 Å². The molecule has 1 aromatic carbocycles. The maximum atomic E-state index is 12.5. The average Bonchev–Trinajstić information content (AvgIpc) is 2.99. The molecule has 1 unspecified atom stereocenters. The highest BCUT2D eigenvalue weighted by Crippen LogP contribution is 2.13. The monoisotopic (exact) mass is 296 g/mol. The molecular weight excluding hydrogens is 280 g/mol. The standard InChI is InChI=1S/C16H16N4O2/c1-10-13(15(21)18-17-10)8-9-14-11(2)19-20(16(14)22)12-6-4-3-5-7-12/h3-9,13,19H,1-2H3,(H,18,21)/b9-8-. The summed E-state index contributed by atoms with van der Waals surface area (Å²) >= 11 is 0. The maximum Gasteiger partial charge on any atom is 0.278 e. The van der Waals surface area contributed by atoms with Crippen LogP contribution < -0.4 is 11.0 Å². The Morgan fingerprint density at radius 2 is 1.91 bits per heavy atom. The fourth-order valence-corrected chi connectivity index (χ4v) is 2.41. The molecule has 0 aliphatic carbocycles. The number of carbonyl (C=O) groups is 1. The van der Waals surface area contributed by atoms with E-state index in [1.165, 1.54) is 4.68 Å². The van der Waals surface area contributed by atoms with E-state index in [0.29, 0.717) is 11.3 Å². The number of hydrogen-bond acceptors (Lipinski definition) is 3. The molecule has 2 aromatic rings. The summed E-state index contributed by atoms with van der Waals surface area (Å²) in [6, 6.07) is 9.34. The minimum atomic E-state index is -0.418. The fraction of sp³-hybridized carbons (Fsp3) is 0.188. The molecule has 0 spiro atoms. The second-order valence-corrected chi connectivity index (χ2v) is 5.19. The van der Waals surface area contributed by atoms with E-state index in [0.717, 1.165) is 11.4 Å². The molecule has 1 aliphatic heterocycles. The minimum Gasteiger partial charge on any atom is -0.295 e. The number of carbonyl (C=O) groups excluding carboxylic acids is 1. The van der Waals surface area contributed by atoms with Crippen molar-refractivity contribution in [1.29, 1.82) is 0 Å². The highest BCUT2D eigenvalue weighted by atomic mass is 16.2. The molecule has 22 heavy (non-hydrogen) atoms. The van der Waals surface area contributed by atoms with Gasteiger partial charge in [-0.2, -0.15) is 5.10 Å². The number of aromatic amines is 1. The van der Waals surface area contributed by atoms with Crippen molar-refractivity contribution in [1.82, 2.24) is 15.2 Å². The molecule has 1 aromatic heterocycles. The predicted molar refractivity (Wildman–Crippen MR) is 84.9 cm³/mol. The molecule has 0 radical (unpaired) electrons. The van der Waals surface area contributed by atoms with Gasteiger partial charge in [0.05, 0.1) is 22.9 Å². The summed E-state index contributed by atoms with van der Waals surface area (Å²) in [6.45, 7) is 3.61. The van der Waals surface area contributed by atoms with E-state index >= 15 is 0 Å². The lowest BCUT2D eigenvalue weighted by molar-refractivity contribution is -0.121. The molecule has 1 atom stereocenters. The number of aryl methyl sites for hydroxylation is 1. The number of aromatic nitrogens is 2. The van der Waals surface area contributed by atoms with Crippen LogP contribution >= 0.6 is 0 Å². The third-order valence-electron chi connectivity index (χ3n) is 3.66. The van der Waals surface area contributed by atoms with Crippen molar-refractivity contribution in [3.63, 3.8) is 0 Å². The van der Waals surface area contributed by atoms with Crippen molar-refractivity contribution in [3.05, 3.63) is 58.0 Å². The second-order valence-electron chi connectivity index (χ2n) is 5.19. The molecule has 6 nitrogen and oxygen atoms in total. The Hall–Kier alpha value is -2.89. The Kier molecular flexibility index (Phi) is 3.50. The predicted octanol–water partition coefficient (Wildman–Crippen LogP) is 1.61. The van der Waals surface area contributed by atoms with Crippen molar-refractivity contribution < 1.29 is 4.79 Å².